The van der Waals surface area contributed by atoms with E-state index < -0.39 is 23.8 Å². The second kappa shape index (κ2) is 7.25. The van der Waals surface area contributed by atoms with Crippen LogP contribution in [0.2, 0.25) is 0 Å². The third-order valence-corrected chi connectivity index (χ3v) is 5.32. The van der Waals surface area contributed by atoms with Crippen LogP contribution in [0.15, 0.2) is 24.3 Å². The van der Waals surface area contributed by atoms with Gasteiger partial charge in [0.15, 0.2) is 0 Å². The first-order valence-corrected chi connectivity index (χ1v) is 8.80. The summed E-state index contributed by atoms with van der Waals surface area (Å²) in [5, 5.41) is 14.2. The first-order chi connectivity index (χ1) is 12.0. The summed E-state index contributed by atoms with van der Waals surface area (Å²) in [7, 11) is 0. The van der Waals surface area contributed by atoms with Crippen LogP contribution >= 0.6 is 0 Å². The van der Waals surface area contributed by atoms with Crippen LogP contribution < -0.4 is 10.4 Å². The lowest BCUT2D eigenvalue weighted by atomic mass is 9.78. The summed E-state index contributed by atoms with van der Waals surface area (Å²) < 4.78 is 5.05. The van der Waals surface area contributed by atoms with Crippen LogP contribution in [0.1, 0.15) is 43.0 Å². The largest absolute Gasteiger partial charge is 0.550 e. The molecule has 2 saturated carbocycles. The highest BCUT2D eigenvalue weighted by atomic mass is 16.5. The number of carbonyl (C=O) groups is 3. The van der Waals surface area contributed by atoms with Gasteiger partial charge in [0.05, 0.1) is 12.2 Å². The normalized spacial score (nSPS) is 27.1. The SMILES string of the molecule is CCCOC(=O)c1ccc(NC(=O)[C@H]2[C@H]3CC[C@@H](C3)[C@@H]2C(=O)[O-])cc1. The highest BCUT2D eigenvalue weighted by Crippen LogP contribution is 2.52. The molecule has 2 bridgehead atoms. The van der Waals surface area contributed by atoms with E-state index in [-0.39, 0.29) is 17.7 Å². The summed E-state index contributed by atoms with van der Waals surface area (Å²) in [6.07, 6.45) is 3.30. The van der Waals surface area contributed by atoms with Gasteiger partial charge in [0.2, 0.25) is 5.91 Å². The second-order valence-electron chi connectivity index (χ2n) is 6.91. The van der Waals surface area contributed by atoms with Crippen molar-refractivity contribution in [2.24, 2.45) is 23.7 Å². The summed E-state index contributed by atoms with van der Waals surface area (Å²) in [6.45, 7) is 2.29. The Morgan fingerprint density at radius 2 is 1.76 bits per heavy atom. The summed E-state index contributed by atoms with van der Waals surface area (Å²) in [6, 6.07) is 6.43. The maximum Gasteiger partial charge on any atom is 0.338 e. The van der Waals surface area contributed by atoms with Crippen LogP contribution in [0.3, 0.4) is 0 Å². The molecule has 4 atom stereocenters. The maximum absolute atomic E-state index is 12.6. The van der Waals surface area contributed by atoms with Crippen LogP contribution in [0.4, 0.5) is 5.69 Å². The number of ether oxygens (including phenoxy) is 1. The molecule has 0 spiro atoms. The van der Waals surface area contributed by atoms with E-state index in [1.807, 2.05) is 6.92 Å². The molecule has 6 heteroatoms. The van der Waals surface area contributed by atoms with E-state index >= 15 is 0 Å². The van der Waals surface area contributed by atoms with Crippen molar-refractivity contribution in [2.75, 3.05) is 11.9 Å². The molecular formula is C19H22NO5-. The van der Waals surface area contributed by atoms with Gasteiger partial charge in [-0.25, -0.2) is 4.79 Å². The lowest BCUT2D eigenvalue weighted by Gasteiger charge is -2.30. The molecular weight excluding hydrogens is 322 g/mol. The van der Waals surface area contributed by atoms with Gasteiger partial charge in [-0.2, -0.15) is 0 Å². The summed E-state index contributed by atoms with van der Waals surface area (Å²) in [5.74, 6) is -2.84. The highest BCUT2D eigenvalue weighted by molar-refractivity contribution is 5.96. The molecule has 25 heavy (non-hydrogen) atoms. The Balaban J connectivity index is 1.65. The van der Waals surface area contributed by atoms with Gasteiger partial charge in [0, 0.05) is 23.5 Å². The molecule has 0 unspecified atom stereocenters. The molecule has 6 nitrogen and oxygen atoms in total. The number of esters is 1. The molecule has 134 valence electrons. The Kier molecular flexibility index (Phi) is 5.06. The molecule has 3 rings (SSSR count). The minimum atomic E-state index is -1.12. The van der Waals surface area contributed by atoms with Gasteiger partial charge in [-0.05, 0) is 61.8 Å². The average molecular weight is 344 g/mol. The summed E-state index contributed by atoms with van der Waals surface area (Å²) in [4.78, 5) is 35.8. The smallest absolute Gasteiger partial charge is 0.338 e. The van der Waals surface area contributed by atoms with E-state index in [0.717, 1.165) is 25.7 Å². The third kappa shape index (κ3) is 3.52. The van der Waals surface area contributed by atoms with Crippen LogP contribution in [-0.4, -0.2) is 24.5 Å². The van der Waals surface area contributed by atoms with Gasteiger partial charge in [0.25, 0.3) is 0 Å². The molecule has 0 heterocycles. The van der Waals surface area contributed by atoms with Crippen LogP contribution in [0, 0.1) is 23.7 Å². The van der Waals surface area contributed by atoms with Gasteiger partial charge < -0.3 is 20.0 Å². The molecule has 0 aliphatic heterocycles. The lowest BCUT2D eigenvalue weighted by molar-refractivity contribution is -0.314. The number of amides is 1. The van der Waals surface area contributed by atoms with E-state index in [1.165, 1.54) is 0 Å². The van der Waals surface area contributed by atoms with E-state index in [1.54, 1.807) is 24.3 Å². The number of fused-ring (bicyclic) bond motifs is 2. The van der Waals surface area contributed by atoms with E-state index in [2.05, 4.69) is 5.32 Å². The fourth-order valence-electron chi connectivity index (χ4n) is 4.20. The van der Waals surface area contributed by atoms with E-state index in [0.29, 0.717) is 17.9 Å². The Morgan fingerprint density at radius 1 is 1.12 bits per heavy atom. The number of carboxylic acid groups (broad SMARTS) is 1. The molecule has 2 fully saturated rings. The Labute approximate surface area is 146 Å². The maximum atomic E-state index is 12.6. The predicted molar refractivity (Wildman–Crippen MR) is 88.5 cm³/mol. The van der Waals surface area contributed by atoms with Crippen molar-refractivity contribution in [1.29, 1.82) is 0 Å². The standard InChI is InChI=1S/C19H23NO5/c1-2-9-25-19(24)11-5-7-14(8-6-11)20-17(21)15-12-3-4-13(10-12)16(15)18(22)23/h5-8,12-13,15-16H,2-4,9-10H2,1H3,(H,20,21)(H,22,23)/p-1/t12-,13-,15-,16-/m0/s1. The fourth-order valence-corrected chi connectivity index (χ4v) is 4.20. The zero-order chi connectivity index (χ0) is 18.0. The van der Waals surface area contributed by atoms with Crippen molar-refractivity contribution < 1.29 is 24.2 Å². The number of aliphatic carboxylic acids is 1. The Hall–Kier alpha value is -2.37. The van der Waals surface area contributed by atoms with E-state index in [4.69, 9.17) is 4.74 Å². The van der Waals surface area contributed by atoms with Crippen LogP contribution in [0.5, 0.6) is 0 Å². The number of hydrogen-bond donors (Lipinski definition) is 1. The second-order valence-corrected chi connectivity index (χ2v) is 6.91. The Morgan fingerprint density at radius 3 is 2.36 bits per heavy atom. The van der Waals surface area contributed by atoms with Crippen LogP contribution in [-0.2, 0) is 14.3 Å². The lowest BCUT2D eigenvalue weighted by Crippen LogP contribution is -2.43. The predicted octanol–water partition coefficient (Wildman–Crippen LogP) is 1.60. The average Bonchev–Trinajstić information content (AvgIpc) is 3.21. The minimum Gasteiger partial charge on any atom is -0.550 e. The zero-order valence-electron chi connectivity index (χ0n) is 14.2. The molecule has 0 saturated heterocycles. The third-order valence-electron chi connectivity index (χ3n) is 5.32. The van der Waals surface area contributed by atoms with Crippen molar-refractivity contribution in [2.45, 2.75) is 32.6 Å². The minimum absolute atomic E-state index is 0.0569. The number of carbonyl (C=O) groups excluding carboxylic acids is 3. The zero-order valence-corrected chi connectivity index (χ0v) is 14.2. The molecule has 2 aliphatic carbocycles. The summed E-state index contributed by atoms with van der Waals surface area (Å²) in [5.41, 5.74) is 0.955. The van der Waals surface area contributed by atoms with Crippen molar-refractivity contribution in [3.05, 3.63) is 29.8 Å². The number of benzene rings is 1. The fraction of sp³-hybridized carbons (Fsp3) is 0.526. The van der Waals surface area contributed by atoms with Crippen molar-refractivity contribution in [1.82, 2.24) is 0 Å². The van der Waals surface area contributed by atoms with Gasteiger partial charge in [-0.15, -0.1) is 0 Å². The first kappa shape index (κ1) is 17.5. The van der Waals surface area contributed by atoms with Crippen molar-refractivity contribution in [3.8, 4) is 0 Å². The van der Waals surface area contributed by atoms with Crippen LogP contribution in [0.25, 0.3) is 0 Å². The van der Waals surface area contributed by atoms with Crippen molar-refractivity contribution >= 4 is 23.5 Å². The molecule has 1 amide bonds. The highest BCUT2D eigenvalue weighted by Gasteiger charge is 2.51. The number of hydrogen-bond acceptors (Lipinski definition) is 5. The van der Waals surface area contributed by atoms with Gasteiger partial charge in [-0.1, -0.05) is 6.92 Å². The molecule has 0 radical (unpaired) electrons. The van der Waals surface area contributed by atoms with Crippen molar-refractivity contribution in [3.63, 3.8) is 0 Å². The number of anilines is 1. The van der Waals surface area contributed by atoms with E-state index in [9.17, 15) is 19.5 Å². The first-order valence-electron chi connectivity index (χ1n) is 8.80. The number of carboxylic acids is 1. The topological polar surface area (TPSA) is 95.5 Å². The van der Waals surface area contributed by atoms with Gasteiger partial charge in [-0.3, -0.25) is 4.79 Å². The van der Waals surface area contributed by atoms with Gasteiger partial charge >= 0.3 is 5.97 Å². The summed E-state index contributed by atoms with van der Waals surface area (Å²) >= 11 is 0. The number of nitrogens with one attached hydrogen (secondary N) is 1. The molecule has 1 N–H and O–H groups in total. The molecule has 0 aromatic heterocycles. The number of rotatable bonds is 6. The molecule has 1 aromatic carbocycles. The molecule has 2 aliphatic rings. The quantitative estimate of drug-likeness (QED) is 0.791. The monoisotopic (exact) mass is 344 g/mol. The molecule has 1 aromatic rings. The Bertz CT molecular complexity index is 669. The van der Waals surface area contributed by atoms with Gasteiger partial charge in [0.1, 0.15) is 0 Å².